The lowest BCUT2D eigenvalue weighted by molar-refractivity contribution is -0.139. The fraction of sp³-hybridized carbons (Fsp3) is 0.833. The van der Waals surface area contributed by atoms with E-state index in [9.17, 15) is 10.1 Å². The number of nitriles is 1. The molecular weight excluding hydrogens is 204 g/mol. The van der Waals surface area contributed by atoms with E-state index in [4.69, 9.17) is 5.11 Å². The Morgan fingerprint density at radius 2 is 2.06 bits per heavy atom. The van der Waals surface area contributed by atoms with Crippen LogP contribution in [0.25, 0.3) is 0 Å². The van der Waals surface area contributed by atoms with Crippen LogP contribution in [0.4, 0.5) is 0 Å². The molecule has 0 atom stereocenters. The molecule has 0 heterocycles. The average Bonchev–Trinajstić information content (AvgIpc) is 2.77. The van der Waals surface area contributed by atoms with Crippen LogP contribution in [0.1, 0.15) is 39.0 Å². The van der Waals surface area contributed by atoms with Crippen molar-refractivity contribution in [3.05, 3.63) is 0 Å². The number of nitrogens with zero attached hydrogens (tertiary/aromatic N) is 2. The number of aliphatic hydroxyl groups excluding tert-OH is 1. The minimum absolute atomic E-state index is 0.0345. The highest BCUT2D eigenvalue weighted by Crippen LogP contribution is 2.39. The van der Waals surface area contributed by atoms with Gasteiger partial charge in [0.05, 0.1) is 12.7 Å². The van der Waals surface area contributed by atoms with Crippen molar-refractivity contribution in [2.75, 3.05) is 19.7 Å². The summed E-state index contributed by atoms with van der Waals surface area (Å²) in [5.41, 5.74) is -0.801. The number of aliphatic hydroxyl groups is 1. The lowest BCUT2D eigenvalue weighted by atomic mass is 9.86. The molecule has 1 amide bonds. The molecular formula is C12H20N2O2. The summed E-state index contributed by atoms with van der Waals surface area (Å²) in [6.07, 6.45) is 4.12. The molecule has 1 rings (SSSR count). The summed E-state index contributed by atoms with van der Waals surface area (Å²) in [5.74, 6) is -0.0802. The van der Waals surface area contributed by atoms with Gasteiger partial charge in [0, 0.05) is 13.1 Å². The van der Waals surface area contributed by atoms with Gasteiger partial charge >= 0.3 is 0 Å². The van der Waals surface area contributed by atoms with E-state index in [-0.39, 0.29) is 12.5 Å². The lowest BCUT2D eigenvalue weighted by Crippen LogP contribution is -2.43. The van der Waals surface area contributed by atoms with Gasteiger partial charge in [-0.1, -0.05) is 19.8 Å². The third-order valence-electron chi connectivity index (χ3n) is 3.23. The molecule has 16 heavy (non-hydrogen) atoms. The van der Waals surface area contributed by atoms with Crippen LogP contribution in [0.5, 0.6) is 0 Å². The molecule has 0 bridgehead atoms. The average molecular weight is 224 g/mol. The molecule has 0 aromatic carbocycles. The minimum Gasteiger partial charge on any atom is -0.395 e. The molecule has 1 fully saturated rings. The Morgan fingerprint density at radius 3 is 2.50 bits per heavy atom. The summed E-state index contributed by atoms with van der Waals surface area (Å²) in [5, 5.41) is 18.1. The molecule has 1 aliphatic carbocycles. The van der Waals surface area contributed by atoms with Crippen molar-refractivity contribution in [3.8, 4) is 6.07 Å². The first-order valence-electron chi connectivity index (χ1n) is 6.01. The van der Waals surface area contributed by atoms with Crippen LogP contribution in [0.3, 0.4) is 0 Å². The Morgan fingerprint density at radius 1 is 1.44 bits per heavy atom. The van der Waals surface area contributed by atoms with Gasteiger partial charge in [-0.25, -0.2) is 0 Å². The van der Waals surface area contributed by atoms with Gasteiger partial charge in [0.1, 0.15) is 5.41 Å². The number of amides is 1. The Labute approximate surface area is 96.9 Å². The highest BCUT2D eigenvalue weighted by molar-refractivity contribution is 5.85. The molecule has 1 aliphatic rings. The largest absolute Gasteiger partial charge is 0.395 e. The molecule has 0 unspecified atom stereocenters. The van der Waals surface area contributed by atoms with Crippen molar-refractivity contribution < 1.29 is 9.90 Å². The summed E-state index contributed by atoms with van der Waals surface area (Å²) < 4.78 is 0. The SMILES string of the molecule is CCCN(CCO)C(=O)C1(C#N)CCCC1. The molecule has 4 heteroatoms. The summed E-state index contributed by atoms with van der Waals surface area (Å²) in [4.78, 5) is 13.9. The third kappa shape index (κ3) is 2.53. The molecule has 0 aromatic heterocycles. The van der Waals surface area contributed by atoms with Crippen molar-refractivity contribution in [3.63, 3.8) is 0 Å². The number of carbonyl (C=O) groups is 1. The number of hydrogen-bond acceptors (Lipinski definition) is 3. The molecule has 1 N–H and O–H groups in total. The van der Waals surface area contributed by atoms with Crippen LogP contribution in [0.15, 0.2) is 0 Å². The Hall–Kier alpha value is -1.08. The van der Waals surface area contributed by atoms with E-state index in [1.165, 1.54) is 0 Å². The smallest absolute Gasteiger partial charge is 0.243 e. The van der Waals surface area contributed by atoms with Crippen LogP contribution < -0.4 is 0 Å². The molecule has 0 spiro atoms. The minimum atomic E-state index is -0.801. The molecule has 0 aromatic rings. The molecule has 90 valence electrons. The van der Waals surface area contributed by atoms with E-state index < -0.39 is 5.41 Å². The lowest BCUT2D eigenvalue weighted by Gasteiger charge is -2.29. The Kier molecular flexibility index (Phi) is 4.75. The maximum absolute atomic E-state index is 12.3. The van der Waals surface area contributed by atoms with Crippen LogP contribution in [-0.2, 0) is 4.79 Å². The van der Waals surface area contributed by atoms with E-state index in [1.807, 2.05) is 6.92 Å². The highest BCUT2D eigenvalue weighted by atomic mass is 16.3. The second kappa shape index (κ2) is 5.86. The van der Waals surface area contributed by atoms with Gasteiger partial charge in [0.25, 0.3) is 0 Å². The number of carbonyl (C=O) groups excluding carboxylic acids is 1. The summed E-state index contributed by atoms with van der Waals surface area (Å²) in [7, 11) is 0. The number of hydrogen-bond donors (Lipinski definition) is 1. The summed E-state index contributed by atoms with van der Waals surface area (Å²) >= 11 is 0. The molecule has 0 aliphatic heterocycles. The maximum Gasteiger partial charge on any atom is 0.243 e. The quantitative estimate of drug-likeness (QED) is 0.765. The highest BCUT2D eigenvalue weighted by Gasteiger charge is 2.43. The van der Waals surface area contributed by atoms with E-state index in [2.05, 4.69) is 6.07 Å². The predicted octanol–water partition coefficient (Wildman–Crippen LogP) is 1.30. The van der Waals surface area contributed by atoms with E-state index in [0.717, 1.165) is 19.3 Å². The van der Waals surface area contributed by atoms with Crippen LogP contribution in [0, 0.1) is 16.7 Å². The number of rotatable bonds is 5. The van der Waals surface area contributed by atoms with Gasteiger partial charge in [0.15, 0.2) is 0 Å². The monoisotopic (exact) mass is 224 g/mol. The van der Waals surface area contributed by atoms with E-state index >= 15 is 0 Å². The molecule has 0 saturated heterocycles. The second-order valence-corrected chi connectivity index (χ2v) is 4.42. The van der Waals surface area contributed by atoms with Gasteiger partial charge in [-0.3, -0.25) is 4.79 Å². The first-order valence-corrected chi connectivity index (χ1v) is 6.01. The van der Waals surface area contributed by atoms with Crippen molar-refractivity contribution in [1.82, 2.24) is 4.90 Å². The Balaban J connectivity index is 2.75. The normalized spacial score (nSPS) is 18.1. The van der Waals surface area contributed by atoms with Crippen molar-refractivity contribution >= 4 is 5.91 Å². The zero-order valence-electron chi connectivity index (χ0n) is 9.91. The van der Waals surface area contributed by atoms with Crippen molar-refractivity contribution in [2.24, 2.45) is 5.41 Å². The second-order valence-electron chi connectivity index (χ2n) is 4.42. The maximum atomic E-state index is 12.3. The Bertz CT molecular complexity index is 271. The molecule has 4 nitrogen and oxygen atoms in total. The van der Waals surface area contributed by atoms with E-state index in [0.29, 0.717) is 25.9 Å². The van der Waals surface area contributed by atoms with E-state index in [1.54, 1.807) is 4.90 Å². The first-order chi connectivity index (χ1) is 7.70. The van der Waals surface area contributed by atoms with Crippen LogP contribution >= 0.6 is 0 Å². The third-order valence-corrected chi connectivity index (χ3v) is 3.23. The fourth-order valence-electron chi connectivity index (χ4n) is 2.36. The summed E-state index contributed by atoms with van der Waals surface area (Å²) in [6.45, 7) is 2.93. The van der Waals surface area contributed by atoms with Gasteiger partial charge in [-0.05, 0) is 19.3 Å². The van der Waals surface area contributed by atoms with Crippen LogP contribution in [0.2, 0.25) is 0 Å². The van der Waals surface area contributed by atoms with Gasteiger partial charge in [-0.15, -0.1) is 0 Å². The van der Waals surface area contributed by atoms with Crippen molar-refractivity contribution in [2.45, 2.75) is 39.0 Å². The molecule has 1 saturated carbocycles. The summed E-state index contributed by atoms with van der Waals surface area (Å²) in [6, 6.07) is 2.20. The first kappa shape index (κ1) is 13.0. The van der Waals surface area contributed by atoms with Crippen LogP contribution in [-0.4, -0.2) is 35.6 Å². The fourth-order valence-corrected chi connectivity index (χ4v) is 2.36. The van der Waals surface area contributed by atoms with Gasteiger partial charge in [-0.2, -0.15) is 5.26 Å². The topological polar surface area (TPSA) is 64.3 Å². The zero-order chi connectivity index (χ0) is 12.0. The standard InChI is InChI=1S/C12H20N2O2/c1-2-7-14(8-9-15)11(16)12(10-13)5-3-4-6-12/h15H,2-9H2,1H3. The molecule has 0 radical (unpaired) electrons. The zero-order valence-corrected chi connectivity index (χ0v) is 9.91. The van der Waals surface area contributed by atoms with Gasteiger partial charge < -0.3 is 10.0 Å². The van der Waals surface area contributed by atoms with Crippen molar-refractivity contribution in [1.29, 1.82) is 5.26 Å². The predicted molar refractivity (Wildman–Crippen MR) is 60.5 cm³/mol. The van der Waals surface area contributed by atoms with Gasteiger partial charge in [0.2, 0.25) is 5.91 Å².